The van der Waals surface area contributed by atoms with Crippen molar-refractivity contribution in [3.05, 3.63) is 70.7 Å². The highest BCUT2D eigenvalue weighted by atomic mass is 16.5. The average Bonchev–Trinajstić information content (AvgIpc) is 3.09. The van der Waals surface area contributed by atoms with Crippen LogP contribution in [0, 0.1) is 20.8 Å². The molecule has 0 aliphatic heterocycles. The number of carbonyl (C=O) groups is 1. The first-order valence-electron chi connectivity index (χ1n) is 7.51. The molecule has 0 unspecified atom stereocenters. The largest absolute Gasteiger partial charge is 0.360 e. The molecule has 0 aliphatic rings. The molecule has 23 heavy (non-hydrogen) atoms. The van der Waals surface area contributed by atoms with Gasteiger partial charge in [-0.15, -0.1) is 0 Å². The zero-order chi connectivity index (χ0) is 16.4. The van der Waals surface area contributed by atoms with Gasteiger partial charge >= 0.3 is 0 Å². The number of amides is 1. The lowest BCUT2D eigenvalue weighted by atomic mass is 10.2. The molecule has 0 bridgehead atoms. The molecule has 0 radical (unpaired) electrons. The monoisotopic (exact) mass is 309 g/mol. The predicted octanol–water partition coefficient (Wildman–Crippen LogP) is 3.32. The fraction of sp³-hybridized carbons (Fsp3) is 0.222. The predicted molar refractivity (Wildman–Crippen MR) is 87.7 cm³/mol. The Hall–Kier alpha value is -2.82. The van der Waals surface area contributed by atoms with Gasteiger partial charge in [0.25, 0.3) is 5.91 Å². The Balaban J connectivity index is 1.82. The SMILES string of the molecule is Cc1cc(-n2c(C)cc(C(=O)NCc3ccccc3)c2C)no1. The Labute approximate surface area is 134 Å². The number of benzene rings is 1. The second kappa shape index (κ2) is 6.12. The van der Waals surface area contributed by atoms with E-state index in [1.165, 1.54) is 0 Å². The van der Waals surface area contributed by atoms with E-state index in [1.54, 1.807) is 0 Å². The number of nitrogens with zero attached hydrogens (tertiary/aromatic N) is 2. The molecule has 0 spiro atoms. The summed E-state index contributed by atoms with van der Waals surface area (Å²) in [5, 5.41) is 6.99. The molecule has 2 aromatic heterocycles. The highest BCUT2D eigenvalue weighted by molar-refractivity contribution is 5.95. The second-order valence-corrected chi connectivity index (χ2v) is 5.58. The smallest absolute Gasteiger partial charge is 0.253 e. The molecule has 0 saturated carbocycles. The molecule has 3 aromatic rings. The quantitative estimate of drug-likeness (QED) is 0.804. The first-order chi connectivity index (χ1) is 11.1. The van der Waals surface area contributed by atoms with Crippen molar-refractivity contribution in [2.45, 2.75) is 27.3 Å². The number of rotatable bonds is 4. The Bertz CT molecular complexity index is 831. The third-order valence-electron chi connectivity index (χ3n) is 3.82. The van der Waals surface area contributed by atoms with Crippen LogP contribution in [0.25, 0.3) is 5.82 Å². The van der Waals surface area contributed by atoms with E-state index >= 15 is 0 Å². The van der Waals surface area contributed by atoms with Crippen molar-refractivity contribution in [2.24, 2.45) is 0 Å². The van der Waals surface area contributed by atoms with Crippen molar-refractivity contribution in [1.29, 1.82) is 0 Å². The van der Waals surface area contributed by atoms with Gasteiger partial charge in [-0.1, -0.05) is 35.5 Å². The Morgan fingerprint density at radius 3 is 2.57 bits per heavy atom. The van der Waals surface area contributed by atoms with Crippen molar-refractivity contribution in [3.63, 3.8) is 0 Å². The van der Waals surface area contributed by atoms with Crippen molar-refractivity contribution >= 4 is 5.91 Å². The van der Waals surface area contributed by atoms with E-state index < -0.39 is 0 Å². The number of carbonyl (C=O) groups excluding carboxylic acids is 1. The molecular formula is C18H19N3O2. The minimum atomic E-state index is -0.0894. The number of nitrogens with one attached hydrogen (secondary N) is 1. The van der Waals surface area contributed by atoms with Crippen LogP contribution in [0.4, 0.5) is 0 Å². The number of aryl methyl sites for hydroxylation is 2. The van der Waals surface area contributed by atoms with Gasteiger partial charge in [-0.25, -0.2) is 0 Å². The van der Waals surface area contributed by atoms with Gasteiger partial charge in [0.2, 0.25) is 0 Å². The van der Waals surface area contributed by atoms with E-state index in [-0.39, 0.29) is 5.91 Å². The number of hydrogen-bond donors (Lipinski definition) is 1. The maximum absolute atomic E-state index is 12.5. The molecule has 0 atom stereocenters. The molecule has 1 amide bonds. The van der Waals surface area contributed by atoms with Crippen LogP contribution in [0.15, 0.2) is 47.0 Å². The minimum Gasteiger partial charge on any atom is -0.360 e. The molecule has 1 N–H and O–H groups in total. The Morgan fingerprint density at radius 2 is 1.91 bits per heavy atom. The summed E-state index contributed by atoms with van der Waals surface area (Å²) in [5.74, 6) is 1.34. The van der Waals surface area contributed by atoms with E-state index in [2.05, 4.69) is 10.5 Å². The van der Waals surface area contributed by atoms with Crippen LogP contribution in [0.1, 0.15) is 33.1 Å². The third kappa shape index (κ3) is 3.04. The normalized spacial score (nSPS) is 10.7. The molecule has 0 fully saturated rings. The van der Waals surface area contributed by atoms with Crippen molar-refractivity contribution in [1.82, 2.24) is 15.0 Å². The summed E-state index contributed by atoms with van der Waals surface area (Å²) in [7, 11) is 0. The summed E-state index contributed by atoms with van der Waals surface area (Å²) in [6, 6.07) is 13.6. The van der Waals surface area contributed by atoms with Crippen LogP contribution in [0.2, 0.25) is 0 Å². The minimum absolute atomic E-state index is 0.0894. The zero-order valence-corrected chi connectivity index (χ0v) is 13.5. The lowest BCUT2D eigenvalue weighted by Crippen LogP contribution is -2.23. The molecule has 2 heterocycles. The number of hydrogen-bond acceptors (Lipinski definition) is 3. The molecule has 5 heteroatoms. The van der Waals surface area contributed by atoms with Crippen molar-refractivity contribution in [3.8, 4) is 5.82 Å². The van der Waals surface area contributed by atoms with Gasteiger partial charge in [-0.05, 0) is 32.4 Å². The summed E-state index contributed by atoms with van der Waals surface area (Å²) >= 11 is 0. The highest BCUT2D eigenvalue weighted by Gasteiger charge is 2.18. The summed E-state index contributed by atoms with van der Waals surface area (Å²) in [6.07, 6.45) is 0. The molecule has 5 nitrogen and oxygen atoms in total. The van der Waals surface area contributed by atoms with Gasteiger partial charge in [0.15, 0.2) is 5.82 Å². The third-order valence-corrected chi connectivity index (χ3v) is 3.82. The maximum Gasteiger partial charge on any atom is 0.253 e. The maximum atomic E-state index is 12.5. The lowest BCUT2D eigenvalue weighted by molar-refractivity contribution is 0.0950. The summed E-state index contributed by atoms with van der Waals surface area (Å²) in [5.41, 5.74) is 3.52. The van der Waals surface area contributed by atoms with E-state index in [0.717, 1.165) is 22.7 Å². The fourth-order valence-corrected chi connectivity index (χ4v) is 2.68. The fourth-order valence-electron chi connectivity index (χ4n) is 2.68. The number of aromatic nitrogens is 2. The second-order valence-electron chi connectivity index (χ2n) is 5.58. The van der Waals surface area contributed by atoms with E-state index in [1.807, 2.05) is 67.8 Å². The van der Waals surface area contributed by atoms with Gasteiger partial charge in [-0.2, -0.15) is 0 Å². The summed E-state index contributed by atoms with van der Waals surface area (Å²) in [6.45, 7) is 6.21. The van der Waals surface area contributed by atoms with Gasteiger partial charge in [0.05, 0.1) is 5.56 Å². The molecule has 0 aliphatic carbocycles. The molecular weight excluding hydrogens is 290 g/mol. The highest BCUT2D eigenvalue weighted by Crippen LogP contribution is 2.20. The lowest BCUT2D eigenvalue weighted by Gasteiger charge is -2.07. The summed E-state index contributed by atoms with van der Waals surface area (Å²) in [4.78, 5) is 12.5. The van der Waals surface area contributed by atoms with Crippen molar-refractivity contribution in [2.75, 3.05) is 0 Å². The van der Waals surface area contributed by atoms with Gasteiger partial charge in [-0.3, -0.25) is 9.36 Å². The zero-order valence-electron chi connectivity index (χ0n) is 13.5. The van der Waals surface area contributed by atoms with Gasteiger partial charge in [0, 0.05) is 24.0 Å². The van der Waals surface area contributed by atoms with Crippen LogP contribution in [-0.4, -0.2) is 15.6 Å². The van der Waals surface area contributed by atoms with Crippen LogP contribution in [0.3, 0.4) is 0 Å². The first-order valence-corrected chi connectivity index (χ1v) is 7.51. The summed E-state index contributed by atoms with van der Waals surface area (Å²) < 4.78 is 7.06. The molecule has 3 rings (SSSR count). The Kier molecular flexibility index (Phi) is 4.02. The van der Waals surface area contributed by atoms with Crippen LogP contribution >= 0.6 is 0 Å². The van der Waals surface area contributed by atoms with Gasteiger partial charge < -0.3 is 9.84 Å². The van der Waals surface area contributed by atoms with Gasteiger partial charge in [0.1, 0.15) is 5.76 Å². The van der Waals surface area contributed by atoms with Crippen LogP contribution in [-0.2, 0) is 6.54 Å². The standard InChI is InChI=1S/C18H19N3O2/c1-12-9-16(14(3)21(12)17-10-13(2)23-20-17)18(22)19-11-15-7-5-4-6-8-15/h4-10H,11H2,1-3H3,(H,19,22). The molecule has 118 valence electrons. The topological polar surface area (TPSA) is 60.1 Å². The molecule has 0 saturated heterocycles. The average molecular weight is 309 g/mol. The van der Waals surface area contributed by atoms with Crippen LogP contribution < -0.4 is 5.32 Å². The van der Waals surface area contributed by atoms with E-state index in [4.69, 9.17) is 4.52 Å². The molecule has 1 aromatic carbocycles. The van der Waals surface area contributed by atoms with E-state index in [0.29, 0.717) is 17.9 Å². The van der Waals surface area contributed by atoms with E-state index in [9.17, 15) is 4.79 Å². The van der Waals surface area contributed by atoms with Crippen LogP contribution in [0.5, 0.6) is 0 Å². The first kappa shape index (κ1) is 15.1. The Morgan fingerprint density at radius 1 is 1.17 bits per heavy atom. The van der Waals surface area contributed by atoms with Crippen molar-refractivity contribution < 1.29 is 9.32 Å².